The van der Waals surface area contributed by atoms with Crippen molar-refractivity contribution in [1.82, 2.24) is 0 Å². The fourth-order valence-corrected chi connectivity index (χ4v) is 0.581. The molecule has 0 aliphatic rings. The van der Waals surface area contributed by atoms with Crippen LogP contribution in [0.25, 0.3) is 0 Å². The Morgan fingerprint density at radius 1 is 1.38 bits per heavy atom. The first-order chi connectivity index (χ1) is 3.06. The Balaban J connectivity index is 0. The molecule has 0 saturated carbocycles. The monoisotopic (exact) mass is 258 g/mol. The van der Waals surface area contributed by atoms with Crippen LogP contribution in [-0.2, 0) is 4.43 Å². The van der Waals surface area contributed by atoms with Crippen LogP contribution in [-0.4, -0.2) is 98.9 Å². The summed E-state index contributed by atoms with van der Waals surface area (Å²) >= 11 is 0. The molecule has 0 unspecified atom stereocenters. The van der Waals surface area contributed by atoms with Crippen molar-refractivity contribution in [3.05, 3.63) is 0 Å². The van der Waals surface area contributed by atoms with Gasteiger partial charge in [-0.1, -0.05) is 0 Å². The van der Waals surface area contributed by atoms with E-state index >= 15 is 0 Å². The van der Waals surface area contributed by atoms with Gasteiger partial charge in [0.1, 0.15) is 0 Å². The first-order valence-corrected chi connectivity index (χ1v) is 3.62. The number of hydrogen-bond donors (Lipinski definition) is 3. The van der Waals surface area contributed by atoms with Gasteiger partial charge in [0.15, 0.2) is 0 Å². The number of hydrogen-bond acceptors (Lipinski definition) is 4. The van der Waals surface area contributed by atoms with Gasteiger partial charge in [0.25, 0.3) is 0 Å². The standard InChI is InChI=1S/C2H8O4Si.Cs.H/c1-2-6-7(3,4)5;;/h3-5H,2H2,1H3;;. The van der Waals surface area contributed by atoms with E-state index in [2.05, 4.69) is 4.43 Å². The second kappa shape index (κ2) is 5.86. The van der Waals surface area contributed by atoms with Gasteiger partial charge in [-0.2, -0.15) is 0 Å². The van der Waals surface area contributed by atoms with Crippen LogP contribution >= 0.6 is 0 Å². The zero-order valence-electron chi connectivity index (χ0n) is 3.96. The summed E-state index contributed by atoms with van der Waals surface area (Å²) in [5.74, 6) is 0. The summed E-state index contributed by atoms with van der Waals surface area (Å²) in [5.41, 5.74) is 0. The van der Waals surface area contributed by atoms with Crippen LogP contribution in [0.4, 0.5) is 0 Å². The zero-order valence-corrected chi connectivity index (χ0v) is 4.96. The Hall–Kier alpha value is 2.11. The first kappa shape index (κ1) is 12.8. The maximum atomic E-state index is 8.05. The van der Waals surface area contributed by atoms with Crippen LogP contribution in [0.15, 0.2) is 0 Å². The van der Waals surface area contributed by atoms with Crippen molar-refractivity contribution in [3.8, 4) is 0 Å². The summed E-state index contributed by atoms with van der Waals surface area (Å²) in [6, 6.07) is 0. The van der Waals surface area contributed by atoms with E-state index in [1.807, 2.05) is 0 Å². The Kier molecular flexibility index (Phi) is 9.35. The molecule has 0 radical (unpaired) electrons. The Morgan fingerprint density at radius 3 is 1.75 bits per heavy atom. The molecule has 0 aliphatic heterocycles. The predicted octanol–water partition coefficient (Wildman–Crippen LogP) is -2.21. The van der Waals surface area contributed by atoms with Crippen LogP contribution in [0, 0.1) is 0 Å². The van der Waals surface area contributed by atoms with Gasteiger partial charge in [-0.25, -0.2) is 0 Å². The molecule has 6 heteroatoms. The van der Waals surface area contributed by atoms with Crippen LogP contribution in [0.2, 0.25) is 0 Å². The predicted molar refractivity (Wildman–Crippen MR) is 31.2 cm³/mol. The quantitative estimate of drug-likeness (QED) is 0.491. The van der Waals surface area contributed by atoms with Crippen molar-refractivity contribution < 1.29 is 18.8 Å². The van der Waals surface area contributed by atoms with E-state index in [0.717, 1.165) is 0 Å². The molecule has 0 atom stereocenters. The topological polar surface area (TPSA) is 69.9 Å². The molecule has 0 aliphatic carbocycles. The fourth-order valence-electron chi connectivity index (χ4n) is 0.194. The average molecular weight is 258 g/mol. The maximum absolute atomic E-state index is 8.05. The number of rotatable bonds is 2. The molecular weight excluding hydrogens is 249 g/mol. The molecule has 3 N–H and O–H groups in total. The molecule has 0 bridgehead atoms. The van der Waals surface area contributed by atoms with Gasteiger partial charge < -0.3 is 18.8 Å². The van der Waals surface area contributed by atoms with Gasteiger partial charge in [-0.15, -0.1) is 0 Å². The van der Waals surface area contributed by atoms with Crippen LogP contribution in [0.1, 0.15) is 6.92 Å². The minimum absolute atomic E-state index is 0. The molecule has 46 valence electrons. The first-order valence-electron chi connectivity index (χ1n) is 1.87. The van der Waals surface area contributed by atoms with Gasteiger partial charge in [0.05, 0.1) is 0 Å². The van der Waals surface area contributed by atoms with Gasteiger partial charge >= 0.3 is 77.9 Å². The van der Waals surface area contributed by atoms with E-state index < -0.39 is 9.05 Å². The second-order valence-corrected chi connectivity index (χ2v) is 2.44. The second-order valence-electron chi connectivity index (χ2n) is 1.01. The van der Waals surface area contributed by atoms with E-state index in [4.69, 9.17) is 14.4 Å². The summed E-state index contributed by atoms with van der Waals surface area (Å²) in [5, 5.41) is 0. The van der Waals surface area contributed by atoms with Crippen LogP contribution < -0.4 is 0 Å². The van der Waals surface area contributed by atoms with Gasteiger partial charge in [-0.3, -0.25) is 0 Å². The third-order valence-electron chi connectivity index (χ3n) is 0.338. The van der Waals surface area contributed by atoms with Crippen LogP contribution in [0.5, 0.6) is 0 Å². The van der Waals surface area contributed by atoms with E-state index in [-0.39, 0.29) is 75.5 Å². The van der Waals surface area contributed by atoms with Crippen molar-refractivity contribution in [1.29, 1.82) is 0 Å². The van der Waals surface area contributed by atoms with Crippen molar-refractivity contribution in [2.24, 2.45) is 0 Å². The molecule has 0 saturated heterocycles. The average Bonchev–Trinajstić information content (AvgIpc) is 1.30. The summed E-state index contributed by atoms with van der Waals surface area (Å²) in [4.78, 5) is 24.1. The Morgan fingerprint density at radius 2 is 1.75 bits per heavy atom. The molecule has 0 aromatic carbocycles. The summed E-state index contributed by atoms with van der Waals surface area (Å²) in [6.07, 6.45) is 0. The molecule has 0 rings (SSSR count). The Labute approximate surface area is 108 Å². The third-order valence-corrected chi connectivity index (χ3v) is 1.01. The van der Waals surface area contributed by atoms with Crippen molar-refractivity contribution >= 4 is 77.9 Å². The molecule has 0 amide bonds. The Bertz CT molecular complexity index is 52.5. The SMILES string of the molecule is CCO[Si](O)(O)O.[CsH]. The molecule has 0 aromatic rings. The van der Waals surface area contributed by atoms with E-state index in [9.17, 15) is 0 Å². The molecule has 8 heavy (non-hydrogen) atoms. The minimum atomic E-state index is -4.16. The van der Waals surface area contributed by atoms with Gasteiger partial charge in [-0.05, 0) is 6.92 Å². The van der Waals surface area contributed by atoms with E-state index in [0.29, 0.717) is 0 Å². The molecule has 0 spiro atoms. The normalized spacial score (nSPS) is 10.5. The zero-order chi connectivity index (χ0) is 5.91. The molecule has 0 aromatic heterocycles. The van der Waals surface area contributed by atoms with Crippen LogP contribution in [0.3, 0.4) is 0 Å². The molecule has 0 fully saturated rings. The summed E-state index contributed by atoms with van der Waals surface area (Å²) in [6.45, 7) is 1.68. The van der Waals surface area contributed by atoms with E-state index in [1.165, 1.54) is 0 Å². The van der Waals surface area contributed by atoms with Gasteiger partial charge in [0, 0.05) is 6.61 Å². The van der Waals surface area contributed by atoms with Crippen molar-refractivity contribution in [2.75, 3.05) is 6.61 Å². The summed E-state index contributed by atoms with van der Waals surface area (Å²) < 4.78 is 4.03. The van der Waals surface area contributed by atoms with Crippen molar-refractivity contribution in [2.45, 2.75) is 6.92 Å². The fraction of sp³-hybridized carbons (Fsp3) is 1.00. The molecule has 0 heterocycles. The van der Waals surface area contributed by atoms with Crippen molar-refractivity contribution in [3.63, 3.8) is 0 Å². The van der Waals surface area contributed by atoms with E-state index in [1.54, 1.807) is 6.92 Å². The molecular formula is C2H9CsO4Si. The third kappa shape index (κ3) is 11.0. The van der Waals surface area contributed by atoms with Gasteiger partial charge in [0.2, 0.25) is 0 Å². The summed E-state index contributed by atoms with van der Waals surface area (Å²) in [7, 11) is -4.16. The molecule has 4 nitrogen and oxygen atoms in total.